The SMILES string of the molecule is O=C([O-])COc1ccccc1C=C1N=C(c2ccccc2)OC1=O. The highest BCUT2D eigenvalue weighted by atomic mass is 16.6. The van der Waals surface area contributed by atoms with E-state index < -0.39 is 18.5 Å². The van der Waals surface area contributed by atoms with Crippen molar-refractivity contribution in [2.45, 2.75) is 0 Å². The first-order valence-corrected chi connectivity index (χ1v) is 7.13. The number of esters is 1. The molecule has 3 rings (SSSR count). The zero-order valence-electron chi connectivity index (χ0n) is 12.5. The molecule has 0 fully saturated rings. The van der Waals surface area contributed by atoms with Gasteiger partial charge in [-0.1, -0.05) is 36.4 Å². The minimum atomic E-state index is -1.33. The van der Waals surface area contributed by atoms with Crippen LogP contribution >= 0.6 is 0 Å². The number of aliphatic imine (C=N–C) groups is 1. The van der Waals surface area contributed by atoms with Gasteiger partial charge in [0.05, 0.1) is 5.97 Å². The van der Waals surface area contributed by atoms with Crippen molar-refractivity contribution >= 4 is 23.9 Å². The predicted octanol–water partition coefficient (Wildman–Crippen LogP) is 1.16. The van der Waals surface area contributed by atoms with Crippen LogP contribution in [-0.4, -0.2) is 24.4 Å². The summed E-state index contributed by atoms with van der Waals surface area (Å²) in [5.41, 5.74) is 1.32. The topological polar surface area (TPSA) is 88.0 Å². The van der Waals surface area contributed by atoms with E-state index in [0.29, 0.717) is 16.9 Å². The molecule has 0 unspecified atom stereocenters. The lowest BCUT2D eigenvalue weighted by Gasteiger charge is -2.09. The van der Waals surface area contributed by atoms with Crippen molar-refractivity contribution < 1.29 is 24.2 Å². The fourth-order valence-corrected chi connectivity index (χ4v) is 2.13. The van der Waals surface area contributed by atoms with E-state index in [1.165, 1.54) is 6.08 Å². The summed E-state index contributed by atoms with van der Waals surface area (Å²) in [5.74, 6) is -1.38. The van der Waals surface area contributed by atoms with Crippen molar-refractivity contribution in [1.29, 1.82) is 0 Å². The number of benzene rings is 2. The molecule has 0 aromatic heterocycles. The number of para-hydroxylation sites is 1. The Bertz CT molecular complexity index is 839. The summed E-state index contributed by atoms with van der Waals surface area (Å²) < 4.78 is 10.3. The summed E-state index contributed by atoms with van der Waals surface area (Å²) in [7, 11) is 0. The van der Waals surface area contributed by atoms with E-state index >= 15 is 0 Å². The number of carbonyl (C=O) groups excluding carboxylic acids is 2. The number of nitrogens with zero attached hydrogens (tertiary/aromatic N) is 1. The molecule has 6 heteroatoms. The van der Waals surface area contributed by atoms with Crippen molar-refractivity contribution in [3.63, 3.8) is 0 Å². The summed E-state index contributed by atoms with van der Waals surface area (Å²) in [6, 6.07) is 15.8. The van der Waals surface area contributed by atoms with Gasteiger partial charge in [0.2, 0.25) is 5.90 Å². The molecule has 2 aromatic rings. The van der Waals surface area contributed by atoms with E-state index in [2.05, 4.69) is 4.99 Å². The zero-order valence-corrected chi connectivity index (χ0v) is 12.5. The minimum absolute atomic E-state index is 0.110. The van der Waals surface area contributed by atoms with Crippen molar-refractivity contribution in [1.82, 2.24) is 0 Å². The number of carboxylic acids is 1. The third-order valence-corrected chi connectivity index (χ3v) is 3.20. The van der Waals surface area contributed by atoms with Crippen LogP contribution in [0.5, 0.6) is 5.75 Å². The molecular weight excluding hydrogens is 310 g/mol. The summed E-state index contributed by atoms with van der Waals surface area (Å²) >= 11 is 0. The Balaban J connectivity index is 1.90. The van der Waals surface area contributed by atoms with Crippen LogP contribution in [0.15, 0.2) is 65.3 Å². The van der Waals surface area contributed by atoms with Gasteiger partial charge < -0.3 is 19.4 Å². The Labute approximate surface area is 137 Å². The van der Waals surface area contributed by atoms with Crippen LogP contribution in [0.25, 0.3) is 6.08 Å². The fraction of sp³-hybridized carbons (Fsp3) is 0.0556. The lowest BCUT2D eigenvalue weighted by molar-refractivity contribution is -0.307. The second kappa shape index (κ2) is 6.78. The summed E-state index contributed by atoms with van der Waals surface area (Å²) in [6.45, 7) is -0.580. The van der Waals surface area contributed by atoms with Crippen LogP contribution in [0.1, 0.15) is 11.1 Å². The molecule has 1 aliphatic rings. The Hall–Kier alpha value is -3.41. The standard InChI is InChI=1S/C18H13NO5/c20-16(21)11-23-15-9-5-4-8-13(15)10-14-18(22)24-17(19-14)12-6-2-1-3-7-12/h1-10H,11H2,(H,20,21)/p-1. The number of ether oxygens (including phenoxy) is 2. The van der Waals surface area contributed by atoms with Crippen LogP contribution in [0.3, 0.4) is 0 Å². The van der Waals surface area contributed by atoms with E-state index in [1.807, 2.05) is 18.2 Å². The molecule has 0 bridgehead atoms. The number of hydrogen-bond acceptors (Lipinski definition) is 6. The highest BCUT2D eigenvalue weighted by Gasteiger charge is 2.24. The van der Waals surface area contributed by atoms with Gasteiger partial charge in [0.1, 0.15) is 12.4 Å². The highest BCUT2D eigenvalue weighted by molar-refractivity contribution is 6.12. The molecule has 0 saturated carbocycles. The van der Waals surface area contributed by atoms with Gasteiger partial charge in [-0.25, -0.2) is 9.79 Å². The van der Waals surface area contributed by atoms with Crippen molar-refractivity contribution in [3.8, 4) is 5.75 Å². The van der Waals surface area contributed by atoms with Gasteiger partial charge in [-0.3, -0.25) is 0 Å². The number of carbonyl (C=O) groups is 2. The van der Waals surface area contributed by atoms with Gasteiger partial charge in [0.15, 0.2) is 5.70 Å². The molecule has 0 N–H and O–H groups in total. The highest BCUT2D eigenvalue weighted by Crippen LogP contribution is 2.24. The third-order valence-electron chi connectivity index (χ3n) is 3.20. The number of carboxylic acid groups (broad SMARTS) is 1. The molecule has 0 radical (unpaired) electrons. The van der Waals surface area contributed by atoms with Crippen LogP contribution < -0.4 is 9.84 Å². The maximum Gasteiger partial charge on any atom is 0.363 e. The van der Waals surface area contributed by atoms with Gasteiger partial charge in [-0.05, 0) is 24.3 Å². The first-order valence-electron chi connectivity index (χ1n) is 7.13. The molecule has 0 saturated heterocycles. The third kappa shape index (κ3) is 3.49. The minimum Gasteiger partial charge on any atom is -0.546 e. The first-order chi connectivity index (χ1) is 11.6. The zero-order chi connectivity index (χ0) is 16.9. The van der Waals surface area contributed by atoms with Gasteiger partial charge >= 0.3 is 5.97 Å². The smallest absolute Gasteiger partial charge is 0.363 e. The van der Waals surface area contributed by atoms with Crippen molar-refractivity contribution in [2.75, 3.05) is 6.61 Å². The van der Waals surface area contributed by atoms with Crippen LogP contribution in [-0.2, 0) is 14.3 Å². The molecule has 1 aliphatic heterocycles. The van der Waals surface area contributed by atoms with Crippen LogP contribution in [0.4, 0.5) is 0 Å². The molecule has 24 heavy (non-hydrogen) atoms. The Morgan fingerprint density at radius 2 is 1.83 bits per heavy atom. The van der Waals surface area contributed by atoms with Gasteiger partial charge in [0.25, 0.3) is 0 Å². The number of rotatable bonds is 5. The van der Waals surface area contributed by atoms with Crippen molar-refractivity contribution in [3.05, 3.63) is 71.4 Å². The number of hydrogen-bond donors (Lipinski definition) is 0. The molecule has 120 valence electrons. The van der Waals surface area contributed by atoms with Crippen molar-refractivity contribution in [2.24, 2.45) is 4.99 Å². The Morgan fingerprint density at radius 3 is 2.58 bits per heavy atom. The lowest BCUT2D eigenvalue weighted by Crippen LogP contribution is -2.29. The van der Waals surface area contributed by atoms with Crippen LogP contribution in [0, 0.1) is 0 Å². The normalized spacial score (nSPS) is 15.1. The molecule has 0 atom stereocenters. The molecule has 1 heterocycles. The van der Waals surface area contributed by atoms with E-state index in [1.54, 1.807) is 36.4 Å². The largest absolute Gasteiger partial charge is 0.546 e. The second-order valence-electron chi connectivity index (χ2n) is 4.90. The van der Waals surface area contributed by atoms with E-state index in [-0.39, 0.29) is 11.6 Å². The predicted molar refractivity (Wildman–Crippen MR) is 84.0 cm³/mol. The van der Waals surface area contributed by atoms with E-state index in [4.69, 9.17) is 9.47 Å². The summed E-state index contributed by atoms with van der Waals surface area (Å²) in [5, 5.41) is 10.5. The number of aliphatic carboxylic acids is 1. The molecule has 2 aromatic carbocycles. The first kappa shape index (κ1) is 15.5. The van der Waals surface area contributed by atoms with Crippen LogP contribution in [0.2, 0.25) is 0 Å². The molecule has 0 spiro atoms. The fourth-order valence-electron chi connectivity index (χ4n) is 2.13. The van der Waals surface area contributed by atoms with E-state index in [9.17, 15) is 14.7 Å². The maximum absolute atomic E-state index is 12.0. The van der Waals surface area contributed by atoms with Gasteiger partial charge in [0, 0.05) is 11.1 Å². The second-order valence-corrected chi connectivity index (χ2v) is 4.90. The Kier molecular flexibility index (Phi) is 4.38. The van der Waals surface area contributed by atoms with Gasteiger partial charge in [-0.15, -0.1) is 0 Å². The quantitative estimate of drug-likeness (QED) is 0.609. The Morgan fingerprint density at radius 1 is 1.12 bits per heavy atom. The summed E-state index contributed by atoms with van der Waals surface area (Å²) in [4.78, 5) is 26.7. The average molecular weight is 322 g/mol. The lowest BCUT2D eigenvalue weighted by atomic mass is 10.1. The molecular formula is C18H12NO5-. The molecule has 6 nitrogen and oxygen atoms in total. The van der Waals surface area contributed by atoms with Gasteiger partial charge in [-0.2, -0.15) is 0 Å². The molecule has 0 aliphatic carbocycles. The number of cyclic esters (lactones) is 1. The monoisotopic (exact) mass is 322 g/mol. The van der Waals surface area contributed by atoms with E-state index in [0.717, 1.165) is 0 Å². The maximum atomic E-state index is 12.0. The average Bonchev–Trinajstić information content (AvgIpc) is 2.96. The summed E-state index contributed by atoms with van der Waals surface area (Å²) in [6.07, 6.45) is 1.49. The molecule has 0 amide bonds.